The van der Waals surface area contributed by atoms with E-state index in [1.165, 1.54) is 29.9 Å². The van der Waals surface area contributed by atoms with Crippen LogP contribution < -0.4 is 15.4 Å². The Labute approximate surface area is 296 Å². The van der Waals surface area contributed by atoms with E-state index in [2.05, 4.69) is 25.4 Å². The Morgan fingerprint density at radius 1 is 1.10 bits per heavy atom. The summed E-state index contributed by atoms with van der Waals surface area (Å²) in [6.07, 6.45) is -2.74. The lowest BCUT2D eigenvalue weighted by molar-refractivity contribution is -0.121. The van der Waals surface area contributed by atoms with E-state index in [0.29, 0.717) is 22.7 Å². The number of alkyl halides is 4. The molecule has 51 heavy (non-hydrogen) atoms. The maximum Gasteiger partial charge on any atom is 0.290 e. The zero-order chi connectivity index (χ0) is 37.2. The summed E-state index contributed by atoms with van der Waals surface area (Å²) in [7, 11) is -2.27. The number of hydrogen-bond acceptors (Lipinski definition) is 7. The number of nitrogens with one attached hydrogen (secondary N) is 4. The Bertz CT molecular complexity index is 2230. The maximum atomic E-state index is 15.1. The Morgan fingerprint density at radius 2 is 1.76 bits per heavy atom. The summed E-state index contributed by atoms with van der Waals surface area (Å²) >= 11 is 12.8. The van der Waals surface area contributed by atoms with E-state index >= 15 is 8.78 Å². The third kappa shape index (κ3) is 7.23. The van der Waals surface area contributed by atoms with Gasteiger partial charge < -0.3 is 10.6 Å². The molecule has 0 radical (unpaired) electrons. The lowest BCUT2D eigenvalue weighted by Crippen LogP contribution is -2.41. The van der Waals surface area contributed by atoms with Crippen LogP contribution in [0.1, 0.15) is 23.7 Å². The van der Waals surface area contributed by atoms with Gasteiger partial charge in [-0.2, -0.15) is 13.9 Å². The van der Waals surface area contributed by atoms with Crippen LogP contribution in [-0.4, -0.2) is 59.9 Å². The number of amides is 1. The lowest BCUT2D eigenvalue weighted by atomic mass is 9.94. The summed E-state index contributed by atoms with van der Waals surface area (Å²) in [5.74, 6) is -8.61. The number of allylic oxidation sites excluding steroid dienone is 2. The van der Waals surface area contributed by atoms with Crippen molar-refractivity contribution < 1.29 is 39.6 Å². The van der Waals surface area contributed by atoms with Crippen LogP contribution in [0.15, 0.2) is 53.7 Å². The Hall–Kier alpha value is -4.35. The summed E-state index contributed by atoms with van der Waals surface area (Å²) in [6, 6.07) is 7.45. The summed E-state index contributed by atoms with van der Waals surface area (Å²) in [5, 5.41) is 17.2. The summed E-state index contributed by atoms with van der Waals surface area (Å²) < 4.78 is 113. The molecule has 0 unspecified atom stereocenters. The first kappa shape index (κ1) is 36.4. The molecule has 0 aliphatic heterocycles. The average Bonchev–Trinajstić information content (AvgIpc) is 3.71. The van der Waals surface area contributed by atoms with Crippen molar-refractivity contribution in [1.82, 2.24) is 25.4 Å². The van der Waals surface area contributed by atoms with Crippen LogP contribution in [0.5, 0.6) is 0 Å². The highest BCUT2D eigenvalue weighted by atomic mass is 35.5. The number of sulfonamides is 1. The smallest absolute Gasteiger partial charge is 0.290 e. The number of halogens is 8. The minimum atomic E-state index is -3.79. The standard InChI is InChI=1S/C32H27Cl2F6N7O3S/c1-47-28-17(3-5-20(33)25(28)31(45-47)46-51(2,49)50)16-4-6-22(34)44-27(16)21(9-13-7-14(35)10-15(36)8-13)43-23(48)12-42-29-24(26(41)30(37)38)18-11-19(18)32(29,39)40/h3-8,10,18-19,21,30,41-42H,9,11-12H2,1-2H3,(H,43,48)(H,45,46)/t18-,19+,21-/m0/s1. The first-order chi connectivity index (χ1) is 23.9. The van der Waals surface area contributed by atoms with Crippen LogP contribution in [-0.2, 0) is 28.3 Å². The van der Waals surface area contributed by atoms with Gasteiger partial charge in [-0.3, -0.25) is 19.6 Å². The number of carbonyl (C=O) groups excluding carboxylic acids is 1. The highest BCUT2D eigenvalue weighted by molar-refractivity contribution is 7.92. The highest BCUT2D eigenvalue weighted by Crippen LogP contribution is 2.62. The molecule has 4 aromatic rings. The normalized spacial score (nSPS) is 18.6. The van der Waals surface area contributed by atoms with Crippen molar-refractivity contribution in [2.24, 2.45) is 18.9 Å². The molecule has 2 aliphatic rings. The molecule has 270 valence electrons. The fraction of sp³-hybridized carbons (Fsp3) is 0.312. The fourth-order valence-corrected chi connectivity index (χ4v) is 7.40. The molecular formula is C32H27Cl2F6N7O3S. The van der Waals surface area contributed by atoms with Gasteiger partial charge in [0.2, 0.25) is 15.9 Å². The van der Waals surface area contributed by atoms with Gasteiger partial charge in [0.05, 0.1) is 46.2 Å². The minimum absolute atomic E-state index is 0.0507. The van der Waals surface area contributed by atoms with Gasteiger partial charge in [0, 0.05) is 35.7 Å². The molecule has 0 spiro atoms. The third-order valence-electron chi connectivity index (χ3n) is 8.59. The number of hydrogen-bond donors (Lipinski definition) is 4. The number of carbonyl (C=O) groups is 1. The van der Waals surface area contributed by atoms with Gasteiger partial charge in [-0.15, -0.1) is 0 Å². The van der Waals surface area contributed by atoms with Crippen molar-refractivity contribution in [3.63, 3.8) is 0 Å². The minimum Gasteiger partial charge on any atom is -0.374 e. The first-order valence-electron chi connectivity index (χ1n) is 15.1. The molecule has 6 rings (SSSR count). The molecule has 1 amide bonds. The van der Waals surface area contributed by atoms with Gasteiger partial charge in [-0.1, -0.05) is 29.3 Å². The van der Waals surface area contributed by atoms with E-state index in [9.17, 15) is 30.8 Å². The number of fused-ring (bicyclic) bond motifs is 2. The van der Waals surface area contributed by atoms with Crippen LogP contribution in [0.3, 0.4) is 0 Å². The molecular weight excluding hydrogens is 747 g/mol. The summed E-state index contributed by atoms with van der Waals surface area (Å²) in [6.45, 7) is -0.846. The van der Waals surface area contributed by atoms with E-state index in [4.69, 9.17) is 28.6 Å². The SMILES string of the molecule is Cn1nc(NS(C)(=O)=O)c2c(Cl)ccc(-c3ccc(Cl)nc3[C@H](Cc3cc(F)cc(F)c3)NC(=O)CNC3=C(C(=N)C(F)F)[C@H]4C[C@H]4C3(F)F)c21. The van der Waals surface area contributed by atoms with E-state index in [1.807, 2.05) is 0 Å². The van der Waals surface area contributed by atoms with E-state index in [1.54, 1.807) is 6.07 Å². The molecule has 10 nitrogen and oxygen atoms in total. The average molecular weight is 775 g/mol. The van der Waals surface area contributed by atoms with Crippen molar-refractivity contribution in [1.29, 1.82) is 5.41 Å². The Morgan fingerprint density at radius 3 is 2.41 bits per heavy atom. The van der Waals surface area contributed by atoms with Crippen molar-refractivity contribution in [2.75, 3.05) is 17.5 Å². The topological polar surface area (TPSA) is 142 Å². The predicted octanol–water partition coefficient (Wildman–Crippen LogP) is 6.41. The maximum absolute atomic E-state index is 15.1. The number of rotatable bonds is 12. The Balaban J connectivity index is 1.41. The number of pyridine rings is 1. The van der Waals surface area contributed by atoms with Gasteiger partial charge in [0.1, 0.15) is 22.5 Å². The number of nitrogens with zero attached hydrogens (tertiary/aromatic N) is 3. The molecule has 0 bridgehead atoms. The molecule has 0 saturated heterocycles. The second-order valence-electron chi connectivity index (χ2n) is 12.3. The van der Waals surface area contributed by atoms with Gasteiger partial charge >= 0.3 is 0 Å². The molecule has 2 heterocycles. The molecule has 3 atom stereocenters. The number of anilines is 1. The predicted molar refractivity (Wildman–Crippen MR) is 179 cm³/mol. The first-order valence-corrected chi connectivity index (χ1v) is 17.8. The third-order valence-corrected chi connectivity index (χ3v) is 9.68. The number of aromatic nitrogens is 3. The summed E-state index contributed by atoms with van der Waals surface area (Å²) in [4.78, 5) is 17.9. The van der Waals surface area contributed by atoms with Gasteiger partial charge in [0.25, 0.3) is 12.3 Å². The van der Waals surface area contributed by atoms with Crippen molar-refractivity contribution >= 4 is 61.6 Å². The van der Waals surface area contributed by atoms with Crippen molar-refractivity contribution in [3.05, 3.63) is 86.8 Å². The molecule has 1 saturated carbocycles. The quantitative estimate of drug-likeness (QED) is 0.0746. The molecule has 2 aliphatic carbocycles. The summed E-state index contributed by atoms with van der Waals surface area (Å²) in [5.41, 5.74) is -1.58. The largest absolute Gasteiger partial charge is 0.374 e. The zero-order valence-electron chi connectivity index (χ0n) is 26.5. The molecule has 1 fully saturated rings. The van der Waals surface area contributed by atoms with Crippen LogP contribution in [0, 0.1) is 28.9 Å². The number of benzene rings is 2. The zero-order valence-corrected chi connectivity index (χ0v) is 28.8. The monoisotopic (exact) mass is 773 g/mol. The highest BCUT2D eigenvalue weighted by Gasteiger charge is 2.66. The van der Waals surface area contributed by atoms with Gasteiger partial charge in [-0.05, 0) is 54.7 Å². The molecule has 2 aromatic heterocycles. The molecule has 2 aromatic carbocycles. The second kappa shape index (κ2) is 13.3. The fourth-order valence-electron chi connectivity index (χ4n) is 6.51. The Kier molecular flexibility index (Phi) is 9.52. The van der Waals surface area contributed by atoms with Crippen molar-refractivity contribution in [2.45, 2.75) is 31.2 Å². The molecule has 4 N–H and O–H groups in total. The van der Waals surface area contributed by atoms with E-state index in [0.717, 1.165) is 18.4 Å². The number of aryl methyl sites for hydroxylation is 1. The molecule has 19 heteroatoms. The van der Waals surface area contributed by atoms with Crippen LogP contribution in [0.25, 0.3) is 22.0 Å². The van der Waals surface area contributed by atoms with Crippen LogP contribution in [0.4, 0.5) is 32.2 Å². The van der Waals surface area contributed by atoms with Gasteiger partial charge in [-0.25, -0.2) is 31.0 Å². The second-order valence-corrected chi connectivity index (χ2v) is 14.8. The van der Waals surface area contributed by atoms with Gasteiger partial charge in [0.15, 0.2) is 5.82 Å². The van der Waals surface area contributed by atoms with Crippen LogP contribution >= 0.6 is 23.2 Å². The van der Waals surface area contributed by atoms with E-state index in [-0.39, 0.29) is 45.5 Å². The lowest BCUT2D eigenvalue weighted by Gasteiger charge is -2.24. The van der Waals surface area contributed by atoms with Crippen molar-refractivity contribution in [3.8, 4) is 11.1 Å². The van der Waals surface area contributed by atoms with Crippen LogP contribution in [0.2, 0.25) is 10.2 Å². The van der Waals surface area contributed by atoms with E-state index < -0.39 is 81.3 Å².